The summed E-state index contributed by atoms with van der Waals surface area (Å²) in [5.74, 6) is -0.267. The van der Waals surface area contributed by atoms with Crippen molar-refractivity contribution in [1.29, 1.82) is 0 Å². The zero-order chi connectivity index (χ0) is 17.3. The van der Waals surface area contributed by atoms with Crippen molar-refractivity contribution in [2.75, 3.05) is 0 Å². The Labute approximate surface area is 144 Å². The molecular weight excluding hydrogens is 328 g/mol. The molecule has 5 heteroatoms. The third-order valence-electron chi connectivity index (χ3n) is 3.65. The third-order valence-corrected chi connectivity index (χ3v) is 4.12. The molecule has 0 heterocycles. The van der Waals surface area contributed by atoms with Gasteiger partial charge in [-0.3, -0.25) is 0 Å². The minimum Gasteiger partial charge on any atom is -0.423 e. The molecule has 0 amide bonds. The number of halogens is 1. The highest BCUT2D eigenvalue weighted by Gasteiger charge is 2.28. The van der Waals surface area contributed by atoms with Crippen LogP contribution >= 0.6 is 11.6 Å². The highest BCUT2D eigenvalue weighted by Crippen LogP contribution is 2.49. The first-order valence-electron chi connectivity index (χ1n) is 7.14. The van der Waals surface area contributed by atoms with Crippen molar-refractivity contribution in [2.24, 2.45) is 0 Å². The summed E-state index contributed by atoms with van der Waals surface area (Å²) in [5.41, 5.74) is 3.55. The highest BCUT2D eigenvalue weighted by molar-refractivity contribution is 6.24. The van der Waals surface area contributed by atoms with E-state index in [1.807, 2.05) is 12.1 Å². The molecule has 0 atom stereocenters. The molecule has 0 radical (unpaired) electrons. The molecule has 0 spiro atoms. The minimum absolute atomic E-state index is 0.399. The molecular formula is C19H13ClO4. The fourth-order valence-corrected chi connectivity index (χ4v) is 2.96. The molecule has 1 aliphatic rings. The van der Waals surface area contributed by atoms with Gasteiger partial charge in [-0.15, -0.1) is 11.6 Å². The van der Waals surface area contributed by atoms with E-state index in [1.54, 1.807) is 24.3 Å². The van der Waals surface area contributed by atoms with Crippen LogP contribution in [0.5, 0.6) is 11.5 Å². The number of fused-ring (bicyclic) bond motifs is 3. The van der Waals surface area contributed by atoms with Crippen LogP contribution in [-0.4, -0.2) is 11.9 Å². The number of benzene rings is 2. The number of alkyl halides is 1. The highest BCUT2D eigenvalue weighted by atomic mass is 35.5. The maximum Gasteiger partial charge on any atom is 0.335 e. The summed E-state index contributed by atoms with van der Waals surface area (Å²) in [7, 11) is 0. The number of hydrogen-bond donors (Lipinski definition) is 0. The predicted molar refractivity (Wildman–Crippen MR) is 91.2 cm³/mol. The van der Waals surface area contributed by atoms with Crippen LogP contribution in [0.25, 0.3) is 11.1 Å². The SMILES string of the molecule is C=CC(=O)Oc1ccc2c(c1)C(Cl)c1cc(OC(=O)C=C)ccc1-2. The van der Waals surface area contributed by atoms with Crippen molar-refractivity contribution in [2.45, 2.75) is 5.38 Å². The van der Waals surface area contributed by atoms with Gasteiger partial charge in [-0.25, -0.2) is 9.59 Å². The first-order valence-corrected chi connectivity index (χ1v) is 7.58. The molecule has 0 unspecified atom stereocenters. The monoisotopic (exact) mass is 340 g/mol. The summed E-state index contributed by atoms with van der Waals surface area (Å²) in [6.45, 7) is 6.74. The van der Waals surface area contributed by atoms with Crippen LogP contribution in [-0.2, 0) is 9.59 Å². The van der Waals surface area contributed by atoms with E-state index in [9.17, 15) is 9.59 Å². The third kappa shape index (κ3) is 2.84. The lowest BCUT2D eigenvalue weighted by molar-refractivity contribution is -0.129. The van der Waals surface area contributed by atoms with Gasteiger partial charge in [0, 0.05) is 12.2 Å². The van der Waals surface area contributed by atoms with Crippen molar-refractivity contribution < 1.29 is 19.1 Å². The number of ether oxygens (including phenoxy) is 2. The van der Waals surface area contributed by atoms with Crippen molar-refractivity contribution in [3.05, 3.63) is 72.8 Å². The van der Waals surface area contributed by atoms with Gasteiger partial charge in [0.1, 0.15) is 11.5 Å². The van der Waals surface area contributed by atoms with Crippen LogP contribution in [0.4, 0.5) is 0 Å². The predicted octanol–water partition coefficient (Wildman–Crippen LogP) is 4.18. The molecule has 0 saturated carbocycles. The van der Waals surface area contributed by atoms with Gasteiger partial charge < -0.3 is 9.47 Å². The number of esters is 2. The number of hydrogen-bond acceptors (Lipinski definition) is 4. The van der Waals surface area contributed by atoms with Gasteiger partial charge in [0.2, 0.25) is 0 Å². The molecule has 24 heavy (non-hydrogen) atoms. The number of carbonyl (C=O) groups is 2. The zero-order valence-electron chi connectivity index (χ0n) is 12.6. The average Bonchev–Trinajstić information content (AvgIpc) is 2.87. The van der Waals surface area contributed by atoms with E-state index in [4.69, 9.17) is 21.1 Å². The van der Waals surface area contributed by atoms with Crippen molar-refractivity contribution >= 4 is 23.5 Å². The van der Waals surface area contributed by atoms with E-state index in [1.165, 1.54) is 0 Å². The van der Waals surface area contributed by atoms with Gasteiger partial charge in [0.05, 0.1) is 5.38 Å². The molecule has 2 aromatic rings. The molecule has 0 aromatic heterocycles. The first-order chi connectivity index (χ1) is 11.5. The fourth-order valence-electron chi connectivity index (χ4n) is 2.60. The van der Waals surface area contributed by atoms with E-state index in [0.717, 1.165) is 34.4 Å². The maximum absolute atomic E-state index is 11.3. The smallest absolute Gasteiger partial charge is 0.335 e. The van der Waals surface area contributed by atoms with Gasteiger partial charge in [-0.2, -0.15) is 0 Å². The summed E-state index contributed by atoms with van der Waals surface area (Å²) in [6, 6.07) is 10.5. The van der Waals surface area contributed by atoms with Gasteiger partial charge in [0.15, 0.2) is 0 Å². The van der Waals surface area contributed by atoms with Crippen LogP contribution < -0.4 is 9.47 Å². The second kappa shape index (κ2) is 6.34. The van der Waals surface area contributed by atoms with E-state index in [-0.39, 0.29) is 0 Å². The molecule has 2 aromatic carbocycles. The lowest BCUT2D eigenvalue weighted by Gasteiger charge is -2.07. The Balaban J connectivity index is 1.96. The zero-order valence-corrected chi connectivity index (χ0v) is 13.4. The van der Waals surface area contributed by atoms with Gasteiger partial charge >= 0.3 is 11.9 Å². The summed E-state index contributed by atoms with van der Waals surface area (Å²) in [5, 5.41) is -0.431. The lowest BCUT2D eigenvalue weighted by atomic mass is 10.1. The Morgan fingerprint density at radius 3 is 1.67 bits per heavy atom. The minimum atomic E-state index is -0.532. The molecule has 0 fully saturated rings. The Morgan fingerprint density at radius 1 is 0.875 bits per heavy atom. The van der Waals surface area contributed by atoms with Crippen molar-refractivity contribution in [3.63, 3.8) is 0 Å². The second-order valence-corrected chi connectivity index (χ2v) is 5.55. The second-order valence-electron chi connectivity index (χ2n) is 5.11. The molecule has 120 valence electrons. The maximum atomic E-state index is 11.3. The molecule has 0 saturated heterocycles. The van der Waals surface area contributed by atoms with E-state index >= 15 is 0 Å². The standard InChI is InChI=1S/C19H13ClO4/c1-3-17(21)23-11-5-7-13-14-8-6-12(24-18(22)4-2)10-16(14)19(20)15(13)9-11/h3-10,19H,1-2H2. The van der Waals surface area contributed by atoms with Crippen molar-refractivity contribution in [1.82, 2.24) is 0 Å². The quantitative estimate of drug-likeness (QED) is 0.362. The average molecular weight is 341 g/mol. The number of carbonyl (C=O) groups excluding carboxylic acids is 2. The molecule has 0 bridgehead atoms. The summed E-state index contributed by atoms with van der Waals surface area (Å²) < 4.78 is 10.3. The Kier molecular flexibility index (Phi) is 4.23. The van der Waals surface area contributed by atoms with Crippen LogP contribution in [0.1, 0.15) is 16.5 Å². The molecule has 0 N–H and O–H groups in total. The summed E-state index contributed by atoms with van der Waals surface area (Å²) >= 11 is 6.54. The first kappa shape index (κ1) is 16.0. The Hall–Kier alpha value is -2.85. The molecule has 0 aliphatic heterocycles. The van der Waals surface area contributed by atoms with E-state index in [2.05, 4.69) is 13.2 Å². The topological polar surface area (TPSA) is 52.6 Å². The van der Waals surface area contributed by atoms with Gasteiger partial charge in [0.25, 0.3) is 0 Å². The Bertz CT molecular complexity index is 798. The summed E-state index contributed by atoms with van der Waals surface area (Å²) in [4.78, 5) is 22.7. The molecule has 3 rings (SSSR count). The Morgan fingerprint density at radius 2 is 1.29 bits per heavy atom. The van der Waals surface area contributed by atoms with E-state index in [0.29, 0.717) is 11.5 Å². The molecule has 1 aliphatic carbocycles. The van der Waals surface area contributed by atoms with Gasteiger partial charge in [-0.1, -0.05) is 25.3 Å². The van der Waals surface area contributed by atoms with Gasteiger partial charge in [-0.05, 0) is 46.5 Å². The molecule has 4 nitrogen and oxygen atoms in total. The van der Waals surface area contributed by atoms with Crippen LogP contribution in [0.15, 0.2) is 61.7 Å². The fraction of sp³-hybridized carbons (Fsp3) is 0.0526. The largest absolute Gasteiger partial charge is 0.423 e. The van der Waals surface area contributed by atoms with Crippen molar-refractivity contribution in [3.8, 4) is 22.6 Å². The number of rotatable bonds is 4. The lowest BCUT2D eigenvalue weighted by Crippen LogP contribution is -2.03. The van der Waals surface area contributed by atoms with E-state index < -0.39 is 17.3 Å². The van der Waals surface area contributed by atoms with Crippen LogP contribution in [0.3, 0.4) is 0 Å². The van der Waals surface area contributed by atoms with Crippen LogP contribution in [0.2, 0.25) is 0 Å². The van der Waals surface area contributed by atoms with Crippen LogP contribution in [0, 0.1) is 0 Å². The summed E-state index contributed by atoms with van der Waals surface area (Å²) in [6.07, 6.45) is 2.20. The normalized spacial score (nSPS) is 12.0.